The topological polar surface area (TPSA) is 68.3 Å². The van der Waals surface area contributed by atoms with Crippen molar-refractivity contribution in [3.8, 4) is 11.5 Å². The van der Waals surface area contributed by atoms with Crippen LogP contribution in [0.4, 0.5) is 36.3 Å². The molecule has 0 saturated heterocycles. The fourth-order valence-corrected chi connectivity index (χ4v) is 3.83. The smallest absolute Gasteiger partial charge is 0.421 e. The highest BCUT2D eigenvalue weighted by Gasteiger charge is 2.35. The molecule has 3 aromatic rings. The van der Waals surface area contributed by atoms with Gasteiger partial charge in [-0.1, -0.05) is 12.5 Å². The summed E-state index contributed by atoms with van der Waals surface area (Å²) < 4.78 is 52.4. The van der Waals surface area contributed by atoms with Crippen LogP contribution in [0, 0.1) is 0 Å². The van der Waals surface area contributed by atoms with Gasteiger partial charge in [-0.25, -0.2) is 4.98 Å². The van der Waals surface area contributed by atoms with E-state index in [0.29, 0.717) is 29.5 Å². The Bertz CT molecular complexity index is 1080. The SMILES string of the molecule is CCOc1ccc(Nc2ncc(C(F)(F)F)c(Nc3cccc(OC4CCCCC4)c3)n2)cc1. The molecule has 0 unspecified atom stereocenters. The molecule has 1 aliphatic carbocycles. The minimum absolute atomic E-state index is 0.0364. The average Bonchev–Trinajstić information content (AvgIpc) is 2.81. The molecule has 0 spiro atoms. The molecule has 6 nitrogen and oxygen atoms in total. The first-order chi connectivity index (χ1) is 16.4. The van der Waals surface area contributed by atoms with Crippen LogP contribution in [0.3, 0.4) is 0 Å². The number of anilines is 4. The van der Waals surface area contributed by atoms with Crippen molar-refractivity contribution in [2.75, 3.05) is 17.2 Å². The Balaban J connectivity index is 1.54. The lowest BCUT2D eigenvalue weighted by atomic mass is 9.98. The lowest BCUT2D eigenvalue weighted by molar-refractivity contribution is -0.137. The molecule has 4 rings (SSSR count). The minimum Gasteiger partial charge on any atom is -0.494 e. The number of nitrogens with zero attached hydrogens (tertiary/aromatic N) is 2. The van der Waals surface area contributed by atoms with E-state index in [1.54, 1.807) is 42.5 Å². The van der Waals surface area contributed by atoms with Crippen molar-refractivity contribution in [3.63, 3.8) is 0 Å². The van der Waals surface area contributed by atoms with Gasteiger partial charge in [0.25, 0.3) is 0 Å². The Morgan fingerprint density at radius 1 is 0.941 bits per heavy atom. The third kappa shape index (κ3) is 6.30. The molecule has 2 N–H and O–H groups in total. The highest BCUT2D eigenvalue weighted by molar-refractivity contribution is 5.64. The number of benzene rings is 2. The second-order valence-electron chi connectivity index (χ2n) is 8.07. The summed E-state index contributed by atoms with van der Waals surface area (Å²) in [6, 6.07) is 13.9. The quantitative estimate of drug-likeness (QED) is 0.365. The van der Waals surface area contributed by atoms with Crippen LogP contribution in [0.1, 0.15) is 44.6 Å². The van der Waals surface area contributed by atoms with Gasteiger partial charge in [-0.2, -0.15) is 18.2 Å². The van der Waals surface area contributed by atoms with E-state index in [9.17, 15) is 13.2 Å². The van der Waals surface area contributed by atoms with Crippen LogP contribution in [0.2, 0.25) is 0 Å². The van der Waals surface area contributed by atoms with Crippen molar-refractivity contribution in [3.05, 3.63) is 60.3 Å². The molecule has 34 heavy (non-hydrogen) atoms. The third-order valence-electron chi connectivity index (χ3n) is 5.47. The lowest BCUT2D eigenvalue weighted by Crippen LogP contribution is -2.19. The minimum atomic E-state index is -4.61. The Kier molecular flexibility index (Phi) is 7.40. The molecule has 9 heteroatoms. The molecule has 1 fully saturated rings. The Hall–Kier alpha value is -3.49. The largest absolute Gasteiger partial charge is 0.494 e. The van der Waals surface area contributed by atoms with Gasteiger partial charge >= 0.3 is 6.18 Å². The van der Waals surface area contributed by atoms with E-state index in [4.69, 9.17) is 9.47 Å². The van der Waals surface area contributed by atoms with Crippen LogP contribution in [0.25, 0.3) is 0 Å². The van der Waals surface area contributed by atoms with E-state index in [2.05, 4.69) is 20.6 Å². The maximum absolute atomic E-state index is 13.6. The van der Waals surface area contributed by atoms with Gasteiger partial charge in [0, 0.05) is 23.6 Å². The summed E-state index contributed by atoms with van der Waals surface area (Å²) in [7, 11) is 0. The Morgan fingerprint density at radius 3 is 2.41 bits per heavy atom. The number of nitrogens with one attached hydrogen (secondary N) is 2. The van der Waals surface area contributed by atoms with Crippen molar-refractivity contribution in [2.45, 2.75) is 51.3 Å². The van der Waals surface area contributed by atoms with Crippen molar-refractivity contribution in [1.82, 2.24) is 9.97 Å². The zero-order valence-corrected chi connectivity index (χ0v) is 18.9. The molecule has 1 heterocycles. The number of ether oxygens (including phenoxy) is 2. The second kappa shape index (κ2) is 10.6. The summed E-state index contributed by atoms with van der Waals surface area (Å²) in [6.45, 7) is 2.42. The number of hydrogen-bond acceptors (Lipinski definition) is 6. The summed E-state index contributed by atoms with van der Waals surface area (Å²) in [6.07, 6.45) is 1.74. The molecule has 0 bridgehead atoms. The average molecular weight is 473 g/mol. The van der Waals surface area contributed by atoms with Gasteiger partial charge in [-0.3, -0.25) is 0 Å². The fourth-order valence-electron chi connectivity index (χ4n) is 3.83. The molecule has 1 aromatic heterocycles. The number of halogens is 3. The lowest BCUT2D eigenvalue weighted by Gasteiger charge is -2.23. The predicted octanol–water partition coefficient (Wildman–Crippen LogP) is 7.09. The molecule has 180 valence electrons. The molecule has 0 aliphatic heterocycles. The van der Waals surface area contributed by atoms with E-state index in [1.165, 1.54) is 6.42 Å². The van der Waals surface area contributed by atoms with E-state index in [-0.39, 0.29) is 17.9 Å². The first-order valence-electron chi connectivity index (χ1n) is 11.4. The zero-order valence-electron chi connectivity index (χ0n) is 18.9. The maximum Gasteiger partial charge on any atom is 0.421 e. The van der Waals surface area contributed by atoms with Crippen LogP contribution in [-0.2, 0) is 6.18 Å². The normalized spacial score (nSPS) is 14.5. The van der Waals surface area contributed by atoms with Crippen molar-refractivity contribution < 1.29 is 22.6 Å². The summed E-state index contributed by atoms with van der Waals surface area (Å²) in [5, 5.41) is 5.73. The van der Waals surface area contributed by atoms with Crippen LogP contribution in [-0.4, -0.2) is 22.7 Å². The van der Waals surface area contributed by atoms with Gasteiger partial charge in [0.15, 0.2) is 0 Å². The molecule has 0 atom stereocenters. The van der Waals surface area contributed by atoms with Gasteiger partial charge < -0.3 is 20.1 Å². The Morgan fingerprint density at radius 2 is 1.71 bits per heavy atom. The van der Waals surface area contributed by atoms with Gasteiger partial charge in [0.05, 0.1) is 12.7 Å². The maximum atomic E-state index is 13.6. The van der Waals surface area contributed by atoms with Crippen molar-refractivity contribution in [1.29, 1.82) is 0 Å². The molecule has 1 aliphatic rings. The van der Waals surface area contributed by atoms with Crippen LogP contribution < -0.4 is 20.1 Å². The molecule has 0 radical (unpaired) electrons. The van der Waals surface area contributed by atoms with E-state index < -0.39 is 11.7 Å². The number of rotatable bonds is 8. The van der Waals surface area contributed by atoms with E-state index in [0.717, 1.165) is 31.9 Å². The van der Waals surface area contributed by atoms with Crippen LogP contribution in [0.5, 0.6) is 11.5 Å². The molecule has 2 aromatic carbocycles. The molecular weight excluding hydrogens is 445 g/mol. The monoisotopic (exact) mass is 472 g/mol. The highest BCUT2D eigenvalue weighted by Crippen LogP contribution is 2.36. The summed E-state index contributed by atoms with van der Waals surface area (Å²) in [4.78, 5) is 7.97. The first kappa shape index (κ1) is 23.7. The number of alkyl halides is 3. The predicted molar refractivity (Wildman–Crippen MR) is 125 cm³/mol. The van der Waals surface area contributed by atoms with E-state index >= 15 is 0 Å². The standard InChI is InChI=1S/C25H27F3N4O2/c1-2-33-19-13-11-17(12-14-19)31-24-29-16-22(25(26,27)28)23(32-24)30-18-7-6-10-21(15-18)34-20-8-4-3-5-9-20/h6-7,10-16,20H,2-5,8-9H2,1H3,(H2,29,30,31,32). The summed E-state index contributed by atoms with van der Waals surface area (Å²) in [5.74, 6) is 1.01. The van der Waals surface area contributed by atoms with Gasteiger partial charge in [-0.15, -0.1) is 0 Å². The van der Waals surface area contributed by atoms with Crippen LogP contribution >= 0.6 is 0 Å². The molecule has 1 saturated carbocycles. The Labute approximate surface area is 196 Å². The summed E-state index contributed by atoms with van der Waals surface area (Å²) >= 11 is 0. The van der Waals surface area contributed by atoms with Gasteiger partial charge in [-0.05, 0) is 69.0 Å². The summed E-state index contributed by atoms with van der Waals surface area (Å²) in [5.41, 5.74) is 0.116. The van der Waals surface area contributed by atoms with Gasteiger partial charge in [0.1, 0.15) is 22.9 Å². The molecular formula is C25H27F3N4O2. The highest BCUT2D eigenvalue weighted by atomic mass is 19.4. The first-order valence-corrected chi connectivity index (χ1v) is 11.4. The third-order valence-corrected chi connectivity index (χ3v) is 5.47. The fraction of sp³-hybridized carbons (Fsp3) is 0.360. The zero-order chi connectivity index (χ0) is 24.0. The van der Waals surface area contributed by atoms with Crippen molar-refractivity contribution in [2.24, 2.45) is 0 Å². The second-order valence-corrected chi connectivity index (χ2v) is 8.07. The van der Waals surface area contributed by atoms with Crippen LogP contribution in [0.15, 0.2) is 54.7 Å². The number of aromatic nitrogens is 2. The number of hydrogen-bond donors (Lipinski definition) is 2. The molecule has 0 amide bonds. The van der Waals surface area contributed by atoms with Gasteiger partial charge in [0.2, 0.25) is 5.95 Å². The van der Waals surface area contributed by atoms with E-state index in [1.807, 2.05) is 13.0 Å². The van der Waals surface area contributed by atoms with Crippen molar-refractivity contribution >= 4 is 23.1 Å².